The van der Waals surface area contributed by atoms with Crippen LogP contribution in [0.1, 0.15) is 19.8 Å². The predicted octanol–water partition coefficient (Wildman–Crippen LogP) is 1.28. The summed E-state index contributed by atoms with van der Waals surface area (Å²) in [5.41, 5.74) is 0. The molecular weight excluding hydrogens is 216 g/mol. The number of fused-ring (bicyclic) bond motifs is 1. The van der Waals surface area contributed by atoms with E-state index < -0.39 is 0 Å². The molecule has 0 aromatic heterocycles. The lowest BCUT2D eigenvalue weighted by Crippen LogP contribution is -2.42. The molecular formula is C9H16N2OS2. The van der Waals surface area contributed by atoms with Crippen molar-refractivity contribution in [1.82, 2.24) is 5.32 Å². The van der Waals surface area contributed by atoms with Crippen LogP contribution in [0.2, 0.25) is 0 Å². The van der Waals surface area contributed by atoms with E-state index in [1.54, 1.807) is 11.8 Å². The lowest BCUT2D eigenvalue weighted by atomic mass is 10.1. The zero-order chi connectivity index (χ0) is 10.1. The van der Waals surface area contributed by atoms with Crippen molar-refractivity contribution in [3.8, 4) is 0 Å². The molecule has 2 N–H and O–H groups in total. The normalized spacial score (nSPS) is 44.9. The van der Waals surface area contributed by atoms with Crippen LogP contribution in [0.3, 0.4) is 0 Å². The zero-order valence-electron chi connectivity index (χ0n) is 8.43. The van der Waals surface area contributed by atoms with E-state index in [9.17, 15) is 5.11 Å². The van der Waals surface area contributed by atoms with Crippen LogP contribution in [-0.2, 0) is 0 Å². The van der Waals surface area contributed by atoms with Crippen LogP contribution in [0.5, 0.6) is 0 Å². The second-order valence-electron chi connectivity index (χ2n) is 3.65. The summed E-state index contributed by atoms with van der Waals surface area (Å²) in [6.07, 6.45) is 1.76. The van der Waals surface area contributed by atoms with Gasteiger partial charge in [-0.05, 0) is 12.8 Å². The van der Waals surface area contributed by atoms with Gasteiger partial charge in [0.1, 0.15) is 0 Å². The third-order valence-electron chi connectivity index (χ3n) is 2.70. The first-order chi connectivity index (χ1) is 6.74. The lowest BCUT2D eigenvalue weighted by molar-refractivity contribution is 0.145. The Balaban J connectivity index is 2.03. The van der Waals surface area contributed by atoms with Crippen LogP contribution in [0.4, 0.5) is 0 Å². The molecule has 2 rings (SSSR count). The number of amidine groups is 1. The highest BCUT2D eigenvalue weighted by atomic mass is 32.2. The van der Waals surface area contributed by atoms with Crippen molar-refractivity contribution in [2.75, 3.05) is 7.05 Å². The number of rotatable bonds is 1. The van der Waals surface area contributed by atoms with Crippen molar-refractivity contribution in [1.29, 1.82) is 0 Å². The quantitative estimate of drug-likeness (QED) is 0.715. The third kappa shape index (κ3) is 1.90. The summed E-state index contributed by atoms with van der Waals surface area (Å²) < 4.78 is 0.544. The maximum absolute atomic E-state index is 9.87. The molecule has 14 heavy (non-hydrogen) atoms. The fourth-order valence-electron chi connectivity index (χ4n) is 1.91. The zero-order valence-corrected chi connectivity index (χ0v) is 10.1. The molecule has 2 aliphatic rings. The van der Waals surface area contributed by atoms with E-state index in [2.05, 4.69) is 17.2 Å². The van der Waals surface area contributed by atoms with Crippen molar-refractivity contribution in [3.63, 3.8) is 0 Å². The van der Waals surface area contributed by atoms with Gasteiger partial charge < -0.3 is 10.4 Å². The standard InChI is InChI=1S/C9H16N2OS2/c1-3-7-6(12)4-5-8(13-7)14-9(10-2)11-5/h5-8,12H,3-4H2,1-2H3,(H,10,11)/t5-,6+,7-,8-/m1/s1. The molecule has 0 amide bonds. The molecule has 2 heterocycles. The molecule has 2 fully saturated rings. The topological polar surface area (TPSA) is 44.6 Å². The van der Waals surface area contributed by atoms with Gasteiger partial charge in [0.2, 0.25) is 0 Å². The van der Waals surface area contributed by atoms with E-state index in [4.69, 9.17) is 0 Å². The van der Waals surface area contributed by atoms with Gasteiger partial charge in [0.05, 0.1) is 16.7 Å². The minimum absolute atomic E-state index is 0.157. The van der Waals surface area contributed by atoms with Gasteiger partial charge in [0.25, 0.3) is 0 Å². The summed E-state index contributed by atoms with van der Waals surface area (Å²) >= 11 is 3.71. The Morgan fingerprint density at radius 3 is 3.07 bits per heavy atom. The molecule has 2 aliphatic heterocycles. The summed E-state index contributed by atoms with van der Waals surface area (Å²) in [5, 5.41) is 14.6. The van der Waals surface area contributed by atoms with Gasteiger partial charge in [0, 0.05) is 12.3 Å². The molecule has 0 radical (unpaired) electrons. The Morgan fingerprint density at radius 2 is 2.43 bits per heavy atom. The molecule has 3 nitrogen and oxygen atoms in total. The van der Waals surface area contributed by atoms with Gasteiger partial charge in [-0.15, -0.1) is 11.8 Å². The summed E-state index contributed by atoms with van der Waals surface area (Å²) in [5.74, 6) is 0. The monoisotopic (exact) mass is 232 g/mol. The Hall–Kier alpha value is 0.130. The van der Waals surface area contributed by atoms with E-state index in [-0.39, 0.29) is 6.10 Å². The average Bonchev–Trinajstić information content (AvgIpc) is 2.58. The average molecular weight is 232 g/mol. The number of aliphatic hydroxyl groups is 1. The van der Waals surface area contributed by atoms with Crippen LogP contribution < -0.4 is 5.32 Å². The molecule has 2 saturated heterocycles. The smallest absolute Gasteiger partial charge is 0.157 e. The third-order valence-corrected chi connectivity index (χ3v) is 6.00. The second kappa shape index (κ2) is 4.33. The molecule has 0 aromatic rings. The largest absolute Gasteiger partial charge is 0.392 e. The number of nitrogens with zero attached hydrogens (tertiary/aromatic N) is 1. The molecule has 0 spiro atoms. The van der Waals surface area contributed by atoms with E-state index in [1.165, 1.54) is 0 Å². The second-order valence-corrected chi connectivity index (χ2v) is 6.47. The summed E-state index contributed by atoms with van der Waals surface area (Å²) in [4.78, 5) is 4.16. The van der Waals surface area contributed by atoms with Crippen molar-refractivity contribution in [2.45, 2.75) is 41.7 Å². The van der Waals surface area contributed by atoms with Crippen LogP contribution in [0.15, 0.2) is 4.99 Å². The maximum atomic E-state index is 9.87. The van der Waals surface area contributed by atoms with Gasteiger partial charge in [-0.2, -0.15) is 0 Å². The minimum Gasteiger partial charge on any atom is -0.392 e. The molecule has 0 aromatic carbocycles. The van der Waals surface area contributed by atoms with E-state index in [0.717, 1.165) is 18.0 Å². The van der Waals surface area contributed by atoms with Crippen LogP contribution in [0, 0.1) is 0 Å². The first-order valence-corrected chi connectivity index (χ1v) is 6.80. The Bertz CT molecular complexity index is 247. The first kappa shape index (κ1) is 10.6. The Morgan fingerprint density at radius 1 is 1.64 bits per heavy atom. The van der Waals surface area contributed by atoms with Crippen molar-refractivity contribution < 1.29 is 5.11 Å². The fourth-order valence-corrected chi connectivity index (χ4v) is 4.92. The molecule has 80 valence electrons. The number of hydrogen-bond acceptors (Lipinski definition) is 4. The van der Waals surface area contributed by atoms with Crippen LogP contribution in [-0.4, -0.2) is 39.3 Å². The van der Waals surface area contributed by atoms with Gasteiger partial charge in [0.15, 0.2) is 5.17 Å². The minimum atomic E-state index is -0.157. The number of aliphatic imine (C=N–C) groups is 1. The number of aliphatic hydroxyl groups excluding tert-OH is 1. The summed E-state index contributed by atoms with van der Waals surface area (Å²) in [6.45, 7) is 2.14. The van der Waals surface area contributed by atoms with Gasteiger partial charge in [-0.25, -0.2) is 0 Å². The van der Waals surface area contributed by atoms with Crippen molar-refractivity contribution in [2.24, 2.45) is 4.99 Å². The Labute approximate surface area is 93.1 Å². The van der Waals surface area contributed by atoms with Gasteiger partial charge in [-0.1, -0.05) is 18.7 Å². The Kier molecular flexibility index (Phi) is 3.29. The first-order valence-electron chi connectivity index (χ1n) is 4.98. The SMILES string of the molecule is CC[C@H]1S[C@@H]2SC(=NC)N[C@@H]2C[C@@H]1O. The van der Waals surface area contributed by atoms with Gasteiger partial charge >= 0.3 is 0 Å². The van der Waals surface area contributed by atoms with Crippen molar-refractivity contribution >= 4 is 28.7 Å². The molecule has 0 bridgehead atoms. The molecule has 5 heteroatoms. The van der Waals surface area contributed by atoms with E-state index in [1.807, 2.05) is 18.8 Å². The number of hydrogen-bond donors (Lipinski definition) is 2. The maximum Gasteiger partial charge on any atom is 0.157 e. The van der Waals surface area contributed by atoms with Gasteiger partial charge in [-0.3, -0.25) is 4.99 Å². The summed E-state index contributed by atoms with van der Waals surface area (Å²) in [7, 11) is 1.81. The lowest BCUT2D eigenvalue weighted by Gasteiger charge is -2.33. The highest BCUT2D eigenvalue weighted by molar-refractivity contribution is 8.25. The molecule has 0 saturated carbocycles. The number of thioether (sulfide) groups is 2. The predicted molar refractivity (Wildman–Crippen MR) is 64.0 cm³/mol. The van der Waals surface area contributed by atoms with E-state index in [0.29, 0.717) is 15.9 Å². The highest BCUT2D eigenvalue weighted by Crippen LogP contribution is 2.43. The molecule has 0 aliphatic carbocycles. The molecule has 0 unspecified atom stereocenters. The highest BCUT2D eigenvalue weighted by Gasteiger charge is 2.41. The van der Waals surface area contributed by atoms with Crippen LogP contribution >= 0.6 is 23.5 Å². The fraction of sp³-hybridized carbons (Fsp3) is 0.889. The van der Waals surface area contributed by atoms with E-state index >= 15 is 0 Å². The number of nitrogens with one attached hydrogen (secondary N) is 1. The van der Waals surface area contributed by atoms with Crippen LogP contribution in [0.25, 0.3) is 0 Å². The van der Waals surface area contributed by atoms with Crippen molar-refractivity contribution in [3.05, 3.63) is 0 Å². The summed E-state index contributed by atoms with van der Waals surface area (Å²) in [6, 6.07) is 0.404. The molecule has 4 atom stereocenters.